The summed E-state index contributed by atoms with van der Waals surface area (Å²) in [5.74, 6) is -1.23. The van der Waals surface area contributed by atoms with Gasteiger partial charge in [0.1, 0.15) is 0 Å². The molecule has 0 amide bonds. The minimum absolute atomic E-state index is 0.147. The van der Waals surface area contributed by atoms with Crippen molar-refractivity contribution in [3.8, 4) is 0 Å². The predicted octanol–water partition coefficient (Wildman–Crippen LogP) is 3.38. The van der Waals surface area contributed by atoms with E-state index in [0.717, 1.165) is 25.7 Å². The number of aliphatic carboxylic acids is 1. The van der Waals surface area contributed by atoms with E-state index in [2.05, 4.69) is 9.88 Å². The summed E-state index contributed by atoms with van der Waals surface area (Å²) in [5, 5.41) is 8.43. The van der Waals surface area contributed by atoms with E-state index in [1.165, 1.54) is 6.20 Å². The number of carbonyl (C=O) groups is 1. The highest BCUT2D eigenvalue weighted by Gasteiger charge is 2.49. The second-order valence-electron chi connectivity index (χ2n) is 6.18. The Hall–Kier alpha value is -1.15. The van der Waals surface area contributed by atoms with Crippen molar-refractivity contribution in [3.05, 3.63) is 16.1 Å². The van der Waals surface area contributed by atoms with Crippen molar-refractivity contribution in [1.82, 2.24) is 9.88 Å². The number of carboxylic acids is 1. The second-order valence-corrected chi connectivity index (χ2v) is 7.30. The Kier molecular flexibility index (Phi) is 3.92. The van der Waals surface area contributed by atoms with Gasteiger partial charge in [-0.05, 0) is 19.3 Å². The Balaban J connectivity index is 1.78. The molecule has 2 aliphatic rings. The third kappa shape index (κ3) is 2.86. The van der Waals surface area contributed by atoms with E-state index in [1.807, 2.05) is 0 Å². The smallest absolute Gasteiger partial charge is 0.443 e. The van der Waals surface area contributed by atoms with Crippen molar-refractivity contribution in [2.24, 2.45) is 5.92 Å². The first-order valence-electron chi connectivity index (χ1n) is 7.30. The van der Waals surface area contributed by atoms with Crippen LogP contribution in [0.4, 0.5) is 13.2 Å². The van der Waals surface area contributed by atoms with E-state index in [0.29, 0.717) is 35.7 Å². The van der Waals surface area contributed by atoms with Gasteiger partial charge in [-0.2, -0.15) is 13.2 Å². The summed E-state index contributed by atoms with van der Waals surface area (Å²) in [6.07, 6.45) is 1.43. The first kappa shape index (κ1) is 15.7. The van der Waals surface area contributed by atoms with Crippen molar-refractivity contribution >= 4 is 17.3 Å². The van der Waals surface area contributed by atoms with Gasteiger partial charge in [0.05, 0.1) is 5.92 Å². The van der Waals surface area contributed by atoms with Gasteiger partial charge >= 0.3 is 12.1 Å². The zero-order valence-electron chi connectivity index (χ0n) is 11.9. The van der Waals surface area contributed by atoms with Crippen LogP contribution in [0.15, 0.2) is 6.20 Å². The minimum atomic E-state index is -4.41. The first-order chi connectivity index (χ1) is 10.3. The molecular formula is C14H17F3N2O2S. The highest BCUT2D eigenvalue weighted by molar-refractivity contribution is 7.11. The largest absolute Gasteiger partial charge is 0.481 e. The number of hydrogen-bond acceptors (Lipinski definition) is 4. The maximum absolute atomic E-state index is 12.6. The molecule has 2 heterocycles. The molecule has 1 unspecified atom stereocenters. The third-order valence-electron chi connectivity index (χ3n) is 4.76. The molecule has 1 aliphatic heterocycles. The minimum Gasteiger partial charge on any atom is -0.481 e. The molecule has 1 aromatic rings. The van der Waals surface area contributed by atoms with Crippen LogP contribution < -0.4 is 0 Å². The Bertz CT molecular complexity index is 567. The van der Waals surface area contributed by atoms with Crippen molar-refractivity contribution in [1.29, 1.82) is 0 Å². The van der Waals surface area contributed by atoms with E-state index >= 15 is 0 Å². The average Bonchev–Trinajstić information content (AvgIpc) is 3.11. The summed E-state index contributed by atoms with van der Waals surface area (Å²) in [6.45, 7) is 0.770. The van der Waals surface area contributed by atoms with E-state index in [4.69, 9.17) is 0 Å². The maximum atomic E-state index is 12.6. The molecule has 1 atom stereocenters. The predicted molar refractivity (Wildman–Crippen MR) is 74.5 cm³/mol. The van der Waals surface area contributed by atoms with Crippen molar-refractivity contribution in [2.45, 2.75) is 50.4 Å². The van der Waals surface area contributed by atoms with E-state index < -0.39 is 23.1 Å². The fourth-order valence-electron chi connectivity index (χ4n) is 3.76. The third-order valence-corrected chi connectivity index (χ3v) is 5.79. The lowest BCUT2D eigenvalue weighted by molar-refractivity contribution is -0.141. The maximum Gasteiger partial charge on any atom is 0.443 e. The molecule has 122 valence electrons. The lowest BCUT2D eigenvalue weighted by Gasteiger charge is -2.34. The molecule has 1 saturated carbocycles. The Morgan fingerprint density at radius 2 is 2.14 bits per heavy atom. The summed E-state index contributed by atoms with van der Waals surface area (Å²) < 4.78 is 37.9. The molecule has 1 spiro atoms. The topological polar surface area (TPSA) is 53.4 Å². The zero-order chi connectivity index (χ0) is 16.0. The molecule has 1 saturated heterocycles. The highest BCUT2D eigenvalue weighted by Crippen LogP contribution is 2.46. The van der Waals surface area contributed by atoms with Crippen LogP contribution >= 0.6 is 11.3 Å². The number of alkyl halides is 3. The molecule has 1 aromatic heterocycles. The quantitative estimate of drug-likeness (QED) is 0.921. The average molecular weight is 334 g/mol. The fraction of sp³-hybridized carbons (Fsp3) is 0.714. The van der Waals surface area contributed by atoms with Crippen LogP contribution in [-0.2, 0) is 17.5 Å². The number of aromatic nitrogens is 1. The monoisotopic (exact) mass is 334 g/mol. The van der Waals surface area contributed by atoms with Crippen LogP contribution in [0.1, 0.15) is 42.0 Å². The van der Waals surface area contributed by atoms with Gasteiger partial charge < -0.3 is 5.11 Å². The zero-order valence-corrected chi connectivity index (χ0v) is 12.7. The molecule has 1 N–H and O–H groups in total. The normalized spacial score (nSPS) is 25.1. The fourth-order valence-corrected chi connectivity index (χ4v) is 4.56. The number of nitrogens with zero attached hydrogens (tertiary/aromatic N) is 2. The number of likely N-dealkylation sites (tertiary alicyclic amines) is 1. The van der Waals surface area contributed by atoms with Gasteiger partial charge in [0.15, 0.2) is 5.01 Å². The van der Waals surface area contributed by atoms with Crippen molar-refractivity contribution in [2.75, 3.05) is 6.54 Å². The van der Waals surface area contributed by atoms with Crippen LogP contribution in [0.3, 0.4) is 0 Å². The number of hydrogen-bond donors (Lipinski definition) is 1. The number of halogens is 3. The van der Waals surface area contributed by atoms with Crippen molar-refractivity contribution in [3.63, 3.8) is 0 Å². The lowest BCUT2D eigenvalue weighted by atomic mass is 9.90. The lowest BCUT2D eigenvalue weighted by Crippen LogP contribution is -2.40. The summed E-state index contributed by atoms with van der Waals surface area (Å²) in [7, 11) is 0. The number of thiazole rings is 1. The SMILES string of the molecule is O=C(O)C1CN(Cc2cnc(C(F)(F)F)s2)C2(CCCC2)C1. The van der Waals surface area contributed by atoms with Crippen molar-refractivity contribution < 1.29 is 23.1 Å². The van der Waals surface area contributed by atoms with Gasteiger partial charge in [-0.25, -0.2) is 4.98 Å². The molecule has 2 fully saturated rings. The van der Waals surface area contributed by atoms with Gasteiger partial charge in [0.25, 0.3) is 0 Å². The summed E-state index contributed by atoms with van der Waals surface area (Å²) in [5.41, 5.74) is -0.147. The number of rotatable bonds is 3. The molecule has 8 heteroatoms. The van der Waals surface area contributed by atoms with Gasteiger partial charge in [0, 0.05) is 29.7 Å². The summed E-state index contributed by atoms with van der Waals surface area (Å²) in [4.78, 5) is 17.4. The van der Waals surface area contributed by atoms with Crippen LogP contribution in [0.25, 0.3) is 0 Å². The molecule has 3 rings (SSSR count). The Morgan fingerprint density at radius 1 is 1.45 bits per heavy atom. The second kappa shape index (κ2) is 5.49. The molecule has 0 radical (unpaired) electrons. The van der Waals surface area contributed by atoms with E-state index in [-0.39, 0.29) is 5.54 Å². The van der Waals surface area contributed by atoms with E-state index in [1.54, 1.807) is 0 Å². The van der Waals surface area contributed by atoms with Crippen LogP contribution in [0, 0.1) is 5.92 Å². The van der Waals surface area contributed by atoms with Crippen LogP contribution in [-0.4, -0.2) is 33.0 Å². The molecular weight excluding hydrogens is 317 g/mol. The molecule has 1 aliphatic carbocycles. The molecule has 4 nitrogen and oxygen atoms in total. The van der Waals surface area contributed by atoms with Crippen LogP contribution in [0.5, 0.6) is 0 Å². The van der Waals surface area contributed by atoms with E-state index in [9.17, 15) is 23.1 Å². The Labute approximate surface area is 130 Å². The molecule has 22 heavy (non-hydrogen) atoms. The first-order valence-corrected chi connectivity index (χ1v) is 8.12. The summed E-state index contributed by atoms with van der Waals surface area (Å²) in [6, 6.07) is 0. The van der Waals surface area contributed by atoms with Gasteiger partial charge in [-0.3, -0.25) is 9.69 Å². The summed E-state index contributed by atoms with van der Waals surface area (Å²) >= 11 is 0.653. The Morgan fingerprint density at radius 3 is 2.68 bits per heavy atom. The highest BCUT2D eigenvalue weighted by atomic mass is 32.1. The standard InChI is InChI=1S/C14H17F3N2O2S/c15-14(16,17)12-18-6-10(22-12)8-19-7-9(11(20)21)5-13(19)3-1-2-4-13/h6,9H,1-5,7-8H2,(H,20,21). The molecule has 0 aromatic carbocycles. The number of carboxylic acid groups (broad SMARTS) is 1. The van der Waals surface area contributed by atoms with Crippen LogP contribution in [0.2, 0.25) is 0 Å². The van der Waals surface area contributed by atoms with Gasteiger partial charge in [0.2, 0.25) is 0 Å². The van der Waals surface area contributed by atoms with Gasteiger partial charge in [-0.15, -0.1) is 11.3 Å². The molecule has 0 bridgehead atoms. The van der Waals surface area contributed by atoms with Gasteiger partial charge in [-0.1, -0.05) is 12.8 Å².